The highest BCUT2D eigenvalue weighted by Gasteiger charge is 2.34. The van der Waals surface area contributed by atoms with Crippen molar-refractivity contribution in [1.82, 2.24) is 4.90 Å². The van der Waals surface area contributed by atoms with Gasteiger partial charge in [-0.15, -0.1) is 0 Å². The van der Waals surface area contributed by atoms with Gasteiger partial charge >= 0.3 is 0 Å². The maximum Gasteiger partial charge on any atom is 0.135 e. The molecular weight excluding hydrogens is 372 g/mol. The summed E-state index contributed by atoms with van der Waals surface area (Å²) in [4.78, 5) is 2.56. The molecule has 4 rings (SSSR count). The van der Waals surface area contributed by atoms with Crippen LogP contribution >= 0.6 is 31.9 Å². The highest BCUT2D eigenvalue weighted by Crippen LogP contribution is 2.37. The average Bonchev–Trinajstić information content (AvgIpc) is 2.43. The van der Waals surface area contributed by atoms with Crippen molar-refractivity contribution < 1.29 is 4.74 Å². The van der Waals surface area contributed by atoms with Gasteiger partial charge in [-0.25, -0.2) is 0 Å². The zero-order valence-corrected chi connectivity index (χ0v) is 14.1. The second-order valence-electron chi connectivity index (χ2n) is 5.36. The van der Waals surface area contributed by atoms with Gasteiger partial charge in [-0.05, 0) is 69.8 Å². The van der Waals surface area contributed by atoms with Crippen LogP contribution in [0.3, 0.4) is 0 Å². The SMILES string of the molecule is COc1cc(NC2CN3CCC2CC3)c(Br)cc1Br. The topological polar surface area (TPSA) is 24.5 Å². The van der Waals surface area contributed by atoms with Crippen LogP contribution in [-0.2, 0) is 0 Å². The summed E-state index contributed by atoms with van der Waals surface area (Å²) < 4.78 is 7.43. The summed E-state index contributed by atoms with van der Waals surface area (Å²) in [5.74, 6) is 1.68. The van der Waals surface area contributed by atoms with Crippen molar-refractivity contribution in [3.63, 3.8) is 0 Å². The number of nitrogens with one attached hydrogen (secondary N) is 1. The van der Waals surface area contributed by atoms with Crippen molar-refractivity contribution in [1.29, 1.82) is 0 Å². The van der Waals surface area contributed by atoms with E-state index in [2.05, 4.69) is 48.1 Å². The van der Waals surface area contributed by atoms with Gasteiger partial charge in [-0.3, -0.25) is 0 Å². The van der Waals surface area contributed by atoms with Crippen molar-refractivity contribution in [3.8, 4) is 5.75 Å². The Balaban J connectivity index is 1.79. The summed E-state index contributed by atoms with van der Waals surface area (Å²) in [6.45, 7) is 3.71. The molecule has 1 aromatic rings. The fourth-order valence-electron chi connectivity index (χ4n) is 3.12. The number of hydrogen-bond donors (Lipinski definition) is 1. The minimum Gasteiger partial charge on any atom is -0.495 e. The first-order chi connectivity index (χ1) is 9.17. The monoisotopic (exact) mass is 388 g/mol. The van der Waals surface area contributed by atoms with Crippen LogP contribution in [0, 0.1) is 5.92 Å². The molecule has 0 aromatic heterocycles. The predicted molar refractivity (Wildman–Crippen MR) is 85.0 cm³/mol. The van der Waals surface area contributed by atoms with Crippen LogP contribution in [-0.4, -0.2) is 37.7 Å². The molecule has 0 aliphatic carbocycles. The van der Waals surface area contributed by atoms with Gasteiger partial charge < -0.3 is 15.0 Å². The summed E-state index contributed by atoms with van der Waals surface area (Å²) in [5, 5.41) is 3.69. The molecular formula is C14H18Br2N2O. The molecule has 3 heterocycles. The fourth-order valence-corrected chi connectivity index (χ4v) is 4.39. The Bertz CT molecular complexity index is 473. The van der Waals surface area contributed by atoms with Crippen LogP contribution in [0.15, 0.2) is 21.1 Å². The van der Waals surface area contributed by atoms with Crippen LogP contribution < -0.4 is 10.1 Å². The maximum atomic E-state index is 5.37. The molecule has 19 heavy (non-hydrogen) atoms. The van der Waals surface area contributed by atoms with Crippen molar-refractivity contribution in [2.24, 2.45) is 5.92 Å². The lowest BCUT2D eigenvalue weighted by Crippen LogP contribution is -2.53. The number of halogens is 2. The van der Waals surface area contributed by atoms with Crippen molar-refractivity contribution in [2.75, 3.05) is 32.1 Å². The van der Waals surface area contributed by atoms with E-state index in [1.807, 2.05) is 6.07 Å². The molecule has 0 saturated carbocycles. The van der Waals surface area contributed by atoms with Gasteiger partial charge in [0.05, 0.1) is 17.3 Å². The maximum absolute atomic E-state index is 5.37. The second-order valence-corrected chi connectivity index (χ2v) is 7.06. The van der Waals surface area contributed by atoms with Gasteiger partial charge in [0, 0.05) is 23.1 Å². The van der Waals surface area contributed by atoms with E-state index in [1.54, 1.807) is 7.11 Å². The molecule has 3 aliphatic heterocycles. The van der Waals surface area contributed by atoms with E-state index in [1.165, 1.54) is 25.9 Å². The summed E-state index contributed by atoms with van der Waals surface area (Å²) in [6.07, 6.45) is 2.64. The number of fused-ring (bicyclic) bond motifs is 3. The number of rotatable bonds is 3. The third-order valence-electron chi connectivity index (χ3n) is 4.24. The Labute approximate surface area is 130 Å². The highest BCUT2D eigenvalue weighted by molar-refractivity contribution is 9.11. The lowest BCUT2D eigenvalue weighted by Gasteiger charge is -2.45. The molecule has 1 atom stereocenters. The lowest BCUT2D eigenvalue weighted by atomic mass is 9.84. The molecule has 0 spiro atoms. The Hall–Kier alpha value is -0.260. The van der Waals surface area contributed by atoms with Gasteiger partial charge in [-0.2, -0.15) is 0 Å². The largest absolute Gasteiger partial charge is 0.495 e. The van der Waals surface area contributed by atoms with Gasteiger partial charge in [0.15, 0.2) is 0 Å². The first kappa shape index (κ1) is 13.7. The number of ether oxygens (including phenoxy) is 1. The van der Waals surface area contributed by atoms with Crippen LogP contribution in [0.5, 0.6) is 5.75 Å². The fraction of sp³-hybridized carbons (Fsp3) is 0.571. The Morgan fingerprint density at radius 1 is 1.21 bits per heavy atom. The average molecular weight is 390 g/mol. The number of piperidine rings is 3. The van der Waals surface area contributed by atoms with Crippen molar-refractivity contribution in [2.45, 2.75) is 18.9 Å². The Morgan fingerprint density at radius 3 is 2.53 bits per heavy atom. The van der Waals surface area contributed by atoms with Crippen molar-refractivity contribution in [3.05, 3.63) is 21.1 Å². The second kappa shape index (κ2) is 5.62. The van der Waals surface area contributed by atoms with Gasteiger partial charge in [-0.1, -0.05) is 0 Å². The zero-order valence-electron chi connectivity index (χ0n) is 11.0. The van der Waals surface area contributed by atoms with E-state index in [0.717, 1.165) is 32.8 Å². The summed E-state index contributed by atoms with van der Waals surface area (Å²) in [6, 6.07) is 4.67. The van der Waals surface area contributed by atoms with E-state index in [9.17, 15) is 0 Å². The smallest absolute Gasteiger partial charge is 0.135 e. The van der Waals surface area contributed by atoms with Gasteiger partial charge in [0.2, 0.25) is 0 Å². The van der Waals surface area contributed by atoms with Gasteiger partial charge in [0.1, 0.15) is 5.75 Å². The lowest BCUT2D eigenvalue weighted by molar-refractivity contribution is 0.0975. The molecule has 3 aliphatic rings. The molecule has 3 nitrogen and oxygen atoms in total. The first-order valence-electron chi connectivity index (χ1n) is 6.69. The number of benzene rings is 1. The number of methoxy groups -OCH3 is 1. The summed E-state index contributed by atoms with van der Waals surface area (Å²) in [5.41, 5.74) is 1.12. The zero-order chi connectivity index (χ0) is 13.4. The van der Waals surface area contributed by atoms with Gasteiger partial charge in [0.25, 0.3) is 0 Å². The summed E-state index contributed by atoms with van der Waals surface area (Å²) >= 11 is 7.14. The first-order valence-corrected chi connectivity index (χ1v) is 8.28. The number of nitrogens with zero attached hydrogens (tertiary/aromatic N) is 1. The predicted octanol–water partition coefficient (Wildman–Crippen LogP) is 3.73. The minimum absolute atomic E-state index is 0.560. The van der Waals surface area contributed by atoms with Crippen LogP contribution in [0.1, 0.15) is 12.8 Å². The van der Waals surface area contributed by atoms with Crippen LogP contribution in [0.4, 0.5) is 5.69 Å². The Kier molecular flexibility index (Phi) is 4.06. The summed E-state index contributed by atoms with van der Waals surface area (Å²) in [7, 11) is 1.70. The Morgan fingerprint density at radius 2 is 1.95 bits per heavy atom. The van der Waals surface area contributed by atoms with E-state index < -0.39 is 0 Å². The van der Waals surface area contributed by atoms with Crippen LogP contribution in [0.25, 0.3) is 0 Å². The number of hydrogen-bond acceptors (Lipinski definition) is 3. The standard InChI is InChI=1S/C14H18Br2N2O/c1-19-14-7-12(10(15)6-11(14)16)17-13-8-18-4-2-9(13)3-5-18/h6-7,9,13,17H,2-5,8H2,1H3. The normalized spacial score (nSPS) is 29.3. The molecule has 3 fully saturated rings. The third-order valence-corrected chi connectivity index (χ3v) is 5.51. The third kappa shape index (κ3) is 2.78. The van der Waals surface area contributed by atoms with Crippen LogP contribution in [0.2, 0.25) is 0 Å². The molecule has 3 saturated heterocycles. The molecule has 1 aromatic carbocycles. The van der Waals surface area contributed by atoms with E-state index in [4.69, 9.17) is 4.74 Å². The number of anilines is 1. The molecule has 104 valence electrons. The molecule has 0 amide bonds. The molecule has 5 heteroatoms. The molecule has 1 unspecified atom stereocenters. The molecule has 0 radical (unpaired) electrons. The molecule has 1 N–H and O–H groups in total. The minimum atomic E-state index is 0.560. The highest BCUT2D eigenvalue weighted by atomic mass is 79.9. The van der Waals surface area contributed by atoms with Crippen molar-refractivity contribution >= 4 is 37.5 Å². The van der Waals surface area contributed by atoms with E-state index in [0.29, 0.717) is 6.04 Å². The van der Waals surface area contributed by atoms with E-state index >= 15 is 0 Å². The quantitative estimate of drug-likeness (QED) is 0.852. The molecule has 2 bridgehead atoms. The van der Waals surface area contributed by atoms with E-state index in [-0.39, 0.29) is 0 Å².